The van der Waals surface area contributed by atoms with Crippen LogP contribution >= 0.6 is 0 Å². The molecule has 0 unspecified atom stereocenters. The maximum atomic E-state index is 2.37. The van der Waals surface area contributed by atoms with Gasteiger partial charge < -0.3 is 24.8 Å². The molecule has 0 bridgehead atoms. The predicted octanol–water partition coefficient (Wildman–Crippen LogP) is -0.346. The van der Waals surface area contributed by atoms with E-state index in [0.717, 1.165) is 25.7 Å². The van der Waals surface area contributed by atoms with Crippen molar-refractivity contribution in [2.45, 2.75) is 53.4 Å². The fourth-order valence-corrected chi connectivity index (χ4v) is 7.87. The molecule has 145 valence electrons. The van der Waals surface area contributed by atoms with Crippen LogP contribution in [0.2, 0.25) is 0 Å². The van der Waals surface area contributed by atoms with E-state index in [9.17, 15) is 0 Å². The molecule has 4 rings (SSSR count). The van der Waals surface area contributed by atoms with Crippen LogP contribution in [0, 0.1) is 0 Å². The predicted molar refractivity (Wildman–Crippen MR) is 111 cm³/mol. The minimum Gasteiger partial charge on any atom is -1.00 e. The molecule has 0 heterocycles. The van der Waals surface area contributed by atoms with Crippen molar-refractivity contribution in [1.82, 2.24) is 0 Å². The SMILES string of the molecule is CCc1c(CC)c2c([c]([Zr+2]=[C](C)C)c1C1=CC=CC1)Cc1ccccc1-2.[Cl-].[Cl-]. The molecule has 0 amide bonds. The fraction of sp³-hybridized carbons (Fsp3) is 0.320. The van der Waals surface area contributed by atoms with E-state index in [0.29, 0.717) is 0 Å². The monoisotopic (exact) mass is 487 g/mol. The van der Waals surface area contributed by atoms with Crippen molar-refractivity contribution in [2.75, 3.05) is 0 Å². The van der Waals surface area contributed by atoms with Crippen molar-refractivity contribution < 1.29 is 47.6 Å². The van der Waals surface area contributed by atoms with E-state index < -0.39 is 22.8 Å². The molecule has 28 heavy (non-hydrogen) atoms. The molecule has 0 N–H and O–H groups in total. The zero-order valence-corrected chi connectivity index (χ0v) is 21.1. The number of hydrogen-bond donors (Lipinski definition) is 0. The summed E-state index contributed by atoms with van der Waals surface area (Å²) in [4.78, 5) is 0. The molecular formula is C25H27Cl2Zr. The van der Waals surface area contributed by atoms with Gasteiger partial charge >= 0.3 is 170 Å². The van der Waals surface area contributed by atoms with Crippen LogP contribution < -0.4 is 28.1 Å². The summed E-state index contributed by atoms with van der Waals surface area (Å²) in [6.45, 7) is 9.40. The summed E-state index contributed by atoms with van der Waals surface area (Å²) >= 11 is -0.713. The van der Waals surface area contributed by atoms with Crippen LogP contribution in [0.4, 0.5) is 0 Å². The minimum absolute atomic E-state index is 0. The molecule has 0 fully saturated rings. The number of allylic oxidation sites excluding steroid dienone is 4. The number of hydrogen-bond acceptors (Lipinski definition) is 0. The molecule has 0 spiro atoms. The van der Waals surface area contributed by atoms with Crippen molar-refractivity contribution in [2.24, 2.45) is 0 Å². The third-order valence-electron chi connectivity index (χ3n) is 5.65. The summed E-state index contributed by atoms with van der Waals surface area (Å²) in [5.41, 5.74) is 12.8. The zero-order chi connectivity index (χ0) is 18.3. The molecule has 2 aromatic carbocycles. The molecule has 2 aliphatic carbocycles. The van der Waals surface area contributed by atoms with Gasteiger partial charge in [0.05, 0.1) is 0 Å². The normalized spacial score (nSPS) is 13.1. The Labute approximate surface area is 193 Å². The van der Waals surface area contributed by atoms with Gasteiger partial charge in [-0.25, -0.2) is 0 Å². The van der Waals surface area contributed by atoms with Crippen molar-refractivity contribution in [3.63, 3.8) is 0 Å². The average Bonchev–Trinajstić information content (AvgIpc) is 3.28. The molecule has 0 aliphatic heterocycles. The third kappa shape index (κ3) is 3.96. The fourth-order valence-electron chi connectivity index (χ4n) is 4.68. The van der Waals surface area contributed by atoms with E-state index in [1.165, 1.54) is 11.1 Å². The van der Waals surface area contributed by atoms with E-state index in [4.69, 9.17) is 0 Å². The number of benzene rings is 2. The summed E-state index contributed by atoms with van der Waals surface area (Å²) in [6, 6.07) is 9.12. The Bertz CT molecular complexity index is 977. The van der Waals surface area contributed by atoms with Crippen molar-refractivity contribution in [3.8, 4) is 11.1 Å². The number of fused-ring (bicyclic) bond motifs is 3. The average molecular weight is 490 g/mol. The van der Waals surface area contributed by atoms with Crippen LogP contribution in [0.1, 0.15) is 61.9 Å². The topological polar surface area (TPSA) is 0 Å². The first-order valence-electron chi connectivity index (χ1n) is 9.87. The van der Waals surface area contributed by atoms with Gasteiger partial charge in [0.1, 0.15) is 0 Å². The first-order valence-corrected chi connectivity index (χ1v) is 12.3. The maximum absolute atomic E-state index is 2.37. The second kappa shape index (κ2) is 9.84. The molecule has 0 atom stereocenters. The molecule has 0 radical (unpaired) electrons. The van der Waals surface area contributed by atoms with Gasteiger partial charge in [0.25, 0.3) is 0 Å². The molecule has 0 saturated carbocycles. The van der Waals surface area contributed by atoms with Crippen molar-refractivity contribution in [1.29, 1.82) is 0 Å². The quantitative estimate of drug-likeness (QED) is 0.470. The van der Waals surface area contributed by atoms with Crippen LogP contribution in [-0.4, -0.2) is 3.21 Å². The molecule has 0 aromatic heterocycles. The maximum Gasteiger partial charge on any atom is -1.00 e. The Morgan fingerprint density at radius 1 is 0.964 bits per heavy atom. The molecular weight excluding hydrogens is 462 g/mol. The van der Waals surface area contributed by atoms with Gasteiger partial charge in [0.2, 0.25) is 0 Å². The summed E-state index contributed by atoms with van der Waals surface area (Å²) < 4.78 is 3.44. The number of halogens is 2. The van der Waals surface area contributed by atoms with E-state index in [-0.39, 0.29) is 24.8 Å². The van der Waals surface area contributed by atoms with Gasteiger partial charge in [-0.05, 0) is 0 Å². The van der Waals surface area contributed by atoms with E-state index >= 15 is 0 Å². The molecule has 3 heteroatoms. The second-order valence-corrected chi connectivity index (χ2v) is 11.9. The van der Waals surface area contributed by atoms with Crippen LogP contribution in [0.15, 0.2) is 42.5 Å². The van der Waals surface area contributed by atoms with Crippen LogP contribution in [0.5, 0.6) is 0 Å². The zero-order valence-electron chi connectivity index (χ0n) is 17.1. The van der Waals surface area contributed by atoms with Crippen LogP contribution in [-0.2, 0) is 42.0 Å². The van der Waals surface area contributed by atoms with E-state index in [1.807, 2.05) is 0 Å². The molecule has 2 aromatic rings. The van der Waals surface area contributed by atoms with Gasteiger partial charge in [0.15, 0.2) is 0 Å². The smallest absolute Gasteiger partial charge is 1.00 e. The summed E-state index contributed by atoms with van der Waals surface area (Å²) in [7, 11) is 0. The Morgan fingerprint density at radius 2 is 1.64 bits per heavy atom. The Balaban J connectivity index is 0.00000140. The second-order valence-electron chi connectivity index (χ2n) is 7.55. The summed E-state index contributed by atoms with van der Waals surface area (Å²) in [5, 5.41) is 0. The first-order chi connectivity index (χ1) is 12.7. The van der Waals surface area contributed by atoms with Crippen molar-refractivity contribution >= 4 is 12.1 Å². The summed E-state index contributed by atoms with van der Waals surface area (Å²) in [5.74, 6) is 0. The van der Waals surface area contributed by atoms with E-state index in [1.54, 1.807) is 39.9 Å². The first kappa shape index (κ1) is 23.5. The van der Waals surface area contributed by atoms with Gasteiger partial charge in [-0.1, -0.05) is 0 Å². The number of rotatable bonds is 4. The van der Waals surface area contributed by atoms with Crippen LogP contribution in [0.25, 0.3) is 16.7 Å². The Hall–Kier alpha value is -0.747. The third-order valence-corrected chi connectivity index (χ3v) is 8.85. The van der Waals surface area contributed by atoms with Crippen LogP contribution in [0.3, 0.4) is 0 Å². The van der Waals surface area contributed by atoms with E-state index in [2.05, 4.69) is 70.2 Å². The summed E-state index contributed by atoms with van der Waals surface area (Å²) in [6.07, 6.45) is 11.5. The molecule has 0 saturated heterocycles. The van der Waals surface area contributed by atoms with Gasteiger partial charge in [-0.15, -0.1) is 0 Å². The van der Waals surface area contributed by atoms with Gasteiger partial charge in [0, 0.05) is 0 Å². The molecule has 2 aliphatic rings. The van der Waals surface area contributed by atoms with Gasteiger partial charge in [-0.2, -0.15) is 0 Å². The Morgan fingerprint density at radius 3 is 2.25 bits per heavy atom. The Kier molecular flexibility index (Phi) is 8.27. The largest absolute Gasteiger partial charge is 1.00 e. The van der Waals surface area contributed by atoms with Crippen molar-refractivity contribution in [3.05, 3.63) is 70.3 Å². The molecule has 0 nitrogen and oxygen atoms in total. The minimum atomic E-state index is -0.713. The van der Waals surface area contributed by atoms with Gasteiger partial charge in [-0.3, -0.25) is 0 Å². The standard InChI is InChI=1S/C22H21.C3H6.2ClH.Zr/c1-3-18-19(4-2)22-17(13-16-11-7-8-12-20(16)22)14-21(18)15-9-5-6-10-15;1-3-2;;;/h5-9,11-12H,3-4,10,13H2,1-2H3;1-2H3;2*1H;/q;;;;+2/p-2.